The molecular weight excluding hydrogens is 308 g/mol. The van der Waals surface area contributed by atoms with Gasteiger partial charge in [-0.3, -0.25) is 9.59 Å². The molecule has 1 aliphatic rings. The van der Waals surface area contributed by atoms with E-state index in [-0.39, 0.29) is 17.9 Å². The molecule has 0 bridgehead atoms. The van der Waals surface area contributed by atoms with E-state index < -0.39 is 11.0 Å². The topological polar surface area (TPSA) is 79.6 Å². The van der Waals surface area contributed by atoms with Gasteiger partial charge in [-0.2, -0.15) is 5.26 Å². The standard InChI is InChI=1S/C18H29N2O4/c1-14(21)24-10-8-15(20-9-6-7-16(20)22)11-18(4,13-19)12-17(2,3)23-5/h10,15H,6-9,11-12H2,1-5H3. The molecule has 1 saturated heterocycles. The van der Waals surface area contributed by atoms with Crippen LogP contribution in [-0.4, -0.2) is 42.1 Å². The van der Waals surface area contributed by atoms with Crippen LogP contribution in [0, 0.1) is 23.4 Å². The fourth-order valence-corrected chi connectivity index (χ4v) is 3.34. The molecule has 135 valence electrons. The Morgan fingerprint density at radius 3 is 2.58 bits per heavy atom. The van der Waals surface area contributed by atoms with Crippen molar-refractivity contribution in [2.45, 2.75) is 71.4 Å². The molecule has 1 heterocycles. The maximum absolute atomic E-state index is 12.1. The zero-order valence-electron chi connectivity index (χ0n) is 15.4. The Kier molecular flexibility index (Phi) is 7.22. The summed E-state index contributed by atoms with van der Waals surface area (Å²) in [5.74, 6) is -0.285. The number of methoxy groups -OCH3 is 1. The van der Waals surface area contributed by atoms with Gasteiger partial charge in [0.05, 0.1) is 17.1 Å². The summed E-state index contributed by atoms with van der Waals surface area (Å²) in [6.07, 6.45) is 2.86. The molecule has 0 aliphatic carbocycles. The lowest BCUT2D eigenvalue weighted by molar-refractivity contribution is -0.138. The van der Waals surface area contributed by atoms with E-state index in [1.165, 1.54) is 13.5 Å². The van der Waals surface area contributed by atoms with Crippen LogP contribution in [0.25, 0.3) is 0 Å². The summed E-state index contributed by atoms with van der Waals surface area (Å²) in [5.41, 5.74) is -1.07. The molecule has 1 amide bonds. The summed E-state index contributed by atoms with van der Waals surface area (Å²) in [6.45, 7) is 9.26. The SMILES string of the molecule is COC(C)(C)CC(C)(C#N)CC(C[CH]OC(C)=O)N1CCCC1=O. The van der Waals surface area contributed by atoms with Crippen LogP contribution in [0.4, 0.5) is 0 Å². The highest BCUT2D eigenvalue weighted by molar-refractivity contribution is 5.78. The van der Waals surface area contributed by atoms with Gasteiger partial charge < -0.3 is 14.4 Å². The van der Waals surface area contributed by atoms with Crippen molar-refractivity contribution in [3.63, 3.8) is 0 Å². The molecule has 2 unspecified atom stereocenters. The summed E-state index contributed by atoms with van der Waals surface area (Å²) in [7, 11) is 1.63. The first-order chi connectivity index (χ1) is 11.1. The Bertz CT molecular complexity index is 498. The van der Waals surface area contributed by atoms with Crippen LogP contribution < -0.4 is 0 Å². The minimum absolute atomic E-state index is 0.0996. The highest BCUT2D eigenvalue weighted by Gasteiger charge is 2.38. The minimum Gasteiger partial charge on any atom is -0.459 e. The first-order valence-corrected chi connectivity index (χ1v) is 8.37. The minimum atomic E-state index is -0.642. The van der Waals surface area contributed by atoms with Gasteiger partial charge in [0.25, 0.3) is 0 Å². The first-order valence-electron chi connectivity index (χ1n) is 8.37. The van der Waals surface area contributed by atoms with E-state index in [0.717, 1.165) is 6.42 Å². The lowest BCUT2D eigenvalue weighted by Gasteiger charge is -2.37. The molecule has 6 nitrogen and oxygen atoms in total. The van der Waals surface area contributed by atoms with E-state index >= 15 is 0 Å². The average molecular weight is 337 g/mol. The largest absolute Gasteiger partial charge is 0.459 e. The molecule has 0 spiro atoms. The van der Waals surface area contributed by atoms with Crippen LogP contribution in [-0.2, 0) is 19.1 Å². The molecular formula is C18H29N2O4. The van der Waals surface area contributed by atoms with Gasteiger partial charge in [0, 0.05) is 39.5 Å². The monoisotopic (exact) mass is 337 g/mol. The third kappa shape index (κ3) is 6.12. The van der Waals surface area contributed by atoms with Crippen molar-refractivity contribution in [1.82, 2.24) is 4.90 Å². The number of amides is 1. The van der Waals surface area contributed by atoms with Crippen LogP contribution in [0.15, 0.2) is 0 Å². The van der Waals surface area contributed by atoms with Crippen molar-refractivity contribution < 1.29 is 19.1 Å². The molecule has 6 heteroatoms. The van der Waals surface area contributed by atoms with Gasteiger partial charge in [0.1, 0.15) is 6.61 Å². The smallest absolute Gasteiger partial charge is 0.303 e. The Hall–Kier alpha value is -1.61. The molecule has 2 atom stereocenters. The van der Waals surface area contributed by atoms with Crippen LogP contribution in [0.3, 0.4) is 0 Å². The van der Waals surface area contributed by atoms with E-state index in [0.29, 0.717) is 32.2 Å². The maximum Gasteiger partial charge on any atom is 0.303 e. The lowest BCUT2D eigenvalue weighted by atomic mass is 9.76. The lowest BCUT2D eigenvalue weighted by Crippen LogP contribution is -2.42. The van der Waals surface area contributed by atoms with Crippen LogP contribution in [0.5, 0.6) is 0 Å². The fourth-order valence-electron chi connectivity index (χ4n) is 3.34. The molecule has 0 N–H and O–H groups in total. The molecule has 24 heavy (non-hydrogen) atoms. The Morgan fingerprint density at radius 2 is 2.12 bits per heavy atom. The maximum atomic E-state index is 12.1. The van der Waals surface area contributed by atoms with Gasteiger partial charge in [-0.1, -0.05) is 0 Å². The third-order valence-electron chi connectivity index (χ3n) is 4.49. The summed E-state index contributed by atoms with van der Waals surface area (Å²) < 4.78 is 10.4. The van der Waals surface area contributed by atoms with Crippen molar-refractivity contribution in [3.8, 4) is 6.07 Å². The summed E-state index contributed by atoms with van der Waals surface area (Å²) >= 11 is 0. The van der Waals surface area contributed by atoms with Gasteiger partial charge in [0.15, 0.2) is 0 Å². The summed E-state index contributed by atoms with van der Waals surface area (Å²) in [4.78, 5) is 24.9. The quantitative estimate of drug-likeness (QED) is 0.604. The average Bonchev–Trinajstić information content (AvgIpc) is 2.91. The van der Waals surface area contributed by atoms with Gasteiger partial charge in [-0.15, -0.1) is 0 Å². The van der Waals surface area contributed by atoms with Gasteiger partial charge >= 0.3 is 5.97 Å². The number of ether oxygens (including phenoxy) is 2. The number of carbonyl (C=O) groups excluding carboxylic acids is 2. The number of hydrogen-bond acceptors (Lipinski definition) is 5. The van der Waals surface area contributed by atoms with Gasteiger partial charge in [-0.05, 0) is 40.0 Å². The second-order valence-electron chi connectivity index (χ2n) is 7.37. The van der Waals surface area contributed by atoms with E-state index in [9.17, 15) is 14.9 Å². The normalized spacial score (nSPS) is 18.8. The number of nitriles is 1. The van der Waals surface area contributed by atoms with Crippen molar-refractivity contribution in [3.05, 3.63) is 6.61 Å². The highest BCUT2D eigenvalue weighted by Crippen LogP contribution is 2.36. The number of likely N-dealkylation sites (tertiary alicyclic amines) is 1. The van der Waals surface area contributed by atoms with E-state index in [1.807, 2.05) is 25.7 Å². The van der Waals surface area contributed by atoms with Crippen molar-refractivity contribution in [2.24, 2.45) is 5.41 Å². The summed E-state index contributed by atoms with van der Waals surface area (Å²) in [6, 6.07) is 2.24. The Labute approximate surface area is 145 Å². The second kappa shape index (κ2) is 8.48. The molecule has 1 fully saturated rings. The molecule has 0 aromatic carbocycles. The molecule has 1 radical (unpaired) electrons. The molecule has 0 aromatic heterocycles. The molecule has 1 aliphatic heterocycles. The van der Waals surface area contributed by atoms with Crippen molar-refractivity contribution >= 4 is 11.9 Å². The van der Waals surface area contributed by atoms with Crippen molar-refractivity contribution in [2.75, 3.05) is 13.7 Å². The predicted octanol–water partition coefficient (Wildman–Crippen LogP) is 2.83. The number of carbonyl (C=O) groups is 2. The Balaban J connectivity index is 2.86. The number of esters is 1. The molecule has 0 aromatic rings. The van der Waals surface area contributed by atoms with Crippen LogP contribution in [0.1, 0.15) is 59.8 Å². The first kappa shape index (κ1) is 20.4. The van der Waals surface area contributed by atoms with E-state index in [4.69, 9.17) is 9.47 Å². The number of hydrogen-bond donors (Lipinski definition) is 0. The predicted molar refractivity (Wildman–Crippen MR) is 89.5 cm³/mol. The highest BCUT2D eigenvalue weighted by atomic mass is 16.5. The van der Waals surface area contributed by atoms with Crippen LogP contribution in [0.2, 0.25) is 0 Å². The number of rotatable bonds is 9. The number of nitrogens with zero attached hydrogens (tertiary/aromatic N) is 2. The molecule has 0 saturated carbocycles. The third-order valence-corrected chi connectivity index (χ3v) is 4.49. The zero-order valence-corrected chi connectivity index (χ0v) is 15.4. The summed E-state index contributed by atoms with van der Waals surface area (Å²) in [5, 5.41) is 9.71. The van der Waals surface area contributed by atoms with Gasteiger partial charge in [-0.25, -0.2) is 0 Å². The van der Waals surface area contributed by atoms with E-state index in [2.05, 4.69) is 6.07 Å². The van der Waals surface area contributed by atoms with Crippen LogP contribution >= 0.6 is 0 Å². The Morgan fingerprint density at radius 1 is 1.46 bits per heavy atom. The second-order valence-corrected chi connectivity index (χ2v) is 7.37. The van der Waals surface area contributed by atoms with Crippen molar-refractivity contribution in [1.29, 1.82) is 5.26 Å². The zero-order chi connectivity index (χ0) is 18.4. The molecule has 1 rings (SSSR count). The van der Waals surface area contributed by atoms with Gasteiger partial charge in [0.2, 0.25) is 5.91 Å². The van der Waals surface area contributed by atoms with E-state index in [1.54, 1.807) is 7.11 Å². The fraction of sp³-hybridized carbons (Fsp3) is 0.778.